The molecule has 0 heterocycles. The van der Waals surface area contributed by atoms with E-state index in [2.05, 4.69) is 102 Å². The van der Waals surface area contributed by atoms with Crippen molar-refractivity contribution in [1.29, 1.82) is 0 Å². The van der Waals surface area contributed by atoms with Crippen LogP contribution in [-0.4, -0.2) is 51.9 Å². The predicted molar refractivity (Wildman–Crippen MR) is 168 cm³/mol. The molecule has 224 valence electrons. The number of rotatable bonds is 23. The lowest BCUT2D eigenvalue weighted by Crippen LogP contribution is -2.43. The van der Waals surface area contributed by atoms with Crippen LogP contribution >= 0.6 is 0 Å². The number of carbonyl (C=O) groups excluding carboxylic acids is 1. The van der Waals surface area contributed by atoms with Gasteiger partial charge < -0.3 is 19.0 Å². The lowest BCUT2D eigenvalue weighted by atomic mass is 10.2. The Kier molecular flexibility index (Phi) is 23.0. The molecule has 0 saturated carbocycles. The van der Waals surface area contributed by atoms with Gasteiger partial charge in [-0.25, -0.2) is 0 Å². The van der Waals surface area contributed by atoms with Crippen molar-refractivity contribution in [3.8, 4) is 0 Å². The van der Waals surface area contributed by atoms with Crippen LogP contribution in [-0.2, 0) is 18.7 Å². The molecule has 0 aromatic carbocycles. The first-order valence-corrected chi connectivity index (χ1v) is 17.8. The van der Waals surface area contributed by atoms with Gasteiger partial charge in [0.25, 0.3) is 0 Å². The van der Waals surface area contributed by atoms with Gasteiger partial charge in [-0.1, -0.05) is 88.5 Å². The summed E-state index contributed by atoms with van der Waals surface area (Å²) in [4.78, 5) is 11.9. The van der Waals surface area contributed by atoms with Crippen molar-refractivity contribution in [3.05, 3.63) is 60.8 Å². The first-order valence-electron chi connectivity index (χ1n) is 14.9. The molecule has 0 aliphatic heterocycles. The van der Waals surface area contributed by atoms with Gasteiger partial charge in [-0.2, -0.15) is 0 Å². The molecule has 0 spiro atoms. The third kappa shape index (κ3) is 23.8. The molecule has 0 rings (SSSR count). The second kappa shape index (κ2) is 24.1. The summed E-state index contributed by atoms with van der Waals surface area (Å²) in [7, 11) is -1.85. The number of hydrogen-bond donors (Lipinski definition) is 1. The summed E-state index contributed by atoms with van der Waals surface area (Å²) in [6.07, 6.45) is 29.9. The molecule has 5 nitrogen and oxygen atoms in total. The number of aliphatic hydroxyl groups is 1. The summed E-state index contributed by atoms with van der Waals surface area (Å²) in [5.74, 6) is -0.138. The van der Waals surface area contributed by atoms with Gasteiger partial charge in [0.2, 0.25) is 0 Å². The summed E-state index contributed by atoms with van der Waals surface area (Å²) in [5, 5.41) is 10.2. The van der Waals surface area contributed by atoms with Gasteiger partial charge in [0.05, 0.1) is 25.9 Å². The van der Waals surface area contributed by atoms with Crippen LogP contribution < -0.4 is 0 Å². The molecule has 0 amide bonds. The molecule has 0 saturated heterocycles. The quantitative estimate of drug-likeness (QED) is 0.0584. The van der Waals surface area contributed by atoms with Crippen molar-refractivity contribution in [1.82, 2.24) is 0 Å². The average molecular weight is 563 g/mol. The van der Waals surface area contributed by atoms with Crippen LogP contribution in [0.2, 0.25) is 18.1 Å². The van der Waals surface area contributed by atoms with Gasteiger partial charge in [-0.15, -0.1) is 0 Å². The maximum Gasteiger partial charge on any atom is 0.305 e. The number of ether oxygens (including phenoxy) is 2. The van der Waals surface area contributed by atoms with Crippen LogP contribution in [0.4, 0.5) is 0 Å². The Morgan fingerprint density at radius 3 is 1.82 bits per heavy atom. The van der Waals surface area contributed by atoms with Crippen molar-refractivity contribution in [3.63, 3.8) is 0 Å². The average Bonchev–Trinajstić information content (AvgIpc) is 2.88. The van der Waals surface area contributed by atoms with E-state index in [0.717, 1.165) is 57.8 Å². The molecule has 1 atom stereocenters. The Balaban J connectivity index is 3.60. The zero-order valence-corrected chi connectivity index (χ0v) is 26.8. The summed E-state index contributed by atoms with van der Waals surface area (Å²) in [5.41, 5.74) is 0. The summed E-state index contributed by atoms with van der Waals surface area (Å²) in [6, 6.07) is 0. The second-order valence-electron chi connectivity index (χ2n) is 11.3. The zero-order valence-electron chi connectivity index (χ0n) is 25.8. The van der Waals surface area contributed by atoms with Crippen LogP contribution in [0.3, 0.4) is 0 Å². The minimum atomic E-state index is -1.85. The van der Waals surface area contributed by atoms with Crippen LogP contribution in [0, 0.1) is 0 Å². The number of allylic oxidation sites excluding steroid dienone is 10. The molecule has 0 aliphatic carbocycles. The van der Waals surface area contributed by atoms with Crippen LogP contribution in [0.5, 0.6) is 0 Å². The van der Waals surface area contributed by atoms with Crippen molar-refractivity contribution in [2.75, 3.05) is 26.4 Å². The van der Waals surface area contributed by atoms with E-state index < -0.39 is 14.4 Å². The van der Waals surface area contributed by atoms with Gasteiger partial charge in [0.15, 0.2) is 8.32 Å². The Hall–Kier alpha value is -1.73. The Labute approximate surface area is 241 Å². The van der Waals surface area contributed by atoms with Crippen LogP contribution in [0.25, 0.3) is 0 Å². The van der Waals surface area contributed by atoms with Gasteiger partial charge in [-0.05, 0) is 75.9 Å². The molecular formula is C33H58O5Si. The standard InChI is InChI=1S/C33H58O5Si/c1-7-8-9-10-11-12-13-14-15-16-17-18-19-20-21-22-23-26-32(35)37-28-25-24-27-36-29-31(34)30-38-39(5,6)33(2,3)4/h8-9,11-12,14-15,17-18,20-21,31,34H,7,10,13,16,19,22-30H2,1-6H3/b9-8-,12-11-,15-14-,18-17-,21-20-. The third-order valence-corrected chi connectivity index (χ3v) is 11.1. The number of carbonyl (C=O) groups is 1. The highest BCUT2D eigenvalue weighted by atomic mass is 28.4. The molecule has 0 bridgehead atoms. The fourth-order valence-electron chi connectivity index (χ4n) is 3.09. The van der Waals surface area contributed by atoms with Gasteiger partial charge >= 0.3 is 5.97 Å². The van der Waals surface area contributed by atoms with E-state index in [1.165, 1.54) is 0 Å². The van der Waals surface area contributed by atoms with Crippen LogP contribution in [0.15, 0.2) is 60.8 Å². The molecule has 6 heteroatoms. The van der Waals surface area contributed by atoms with E-state index in [1.807, 2.05) is 0 Å². The minimum absolute atomic E-state index is 0.126. The van der Waals surface area contributed by atoms with E-state index in [9.17, 15) is 9.90 Å². The highest BCUT2D eigenvalue weighted by Crippen LogP contribution is 2.36. The van der Waals surface area contributed by atoms with Crippen molar-refractivity contribution in [2.24, 2.45) is 0 Å². The molecule has 0 aliphatic rings. The number of hydrogen-bond acceptors (Lipinski definition) is 5. The number of aliphatic hydroxyl groups excluding tert-OH is 1. The van der Waals surface area contributed by atoms with Gasteiger partial charge in [-0.3, -0.25) is 4.79 Å². The molecule has 39 heavy (non-hydrogen) atoms. The molecular weight excluding hydrogens is 504 g/mol. The Bertz CT molecular complexity index is 744. The third-order valence-electron chi connectivity index (χ3n) is 6.61. The summed E-state index contributed by atoms with van der Waals surface area (Å²) >= 11 is 0. The highest BCUT2D eigenvalue weighted by molar-refractivity contribution is 6.74. The van der Waals surface area contributed by atoms with Gasteiger partial charge in [0.1, 0.15) is 0 Å². The van der Waals surface area contributed by atoms with E-state index in [0.29, 0.717) is 26.2 Å². The highest BCUT2D eigenvalue weighted by Gasteiger charge is 2.37. The zero-order chi connectivity index (χ0) is 29.2. The second-order valence-corrected chi connectivity index (χ2v) is 16.1. The smallest absolute Gasteiger partial charge is 0.305 e. The lowest BCUT2D eigenvalue weighted by Gasteiger charge is -2.36. The van der Waals surface area contributed by atoms with E-state index in [1.54, 1.807) is 0 Å². The van der Waals surface area contributed by atoms with Crippen molar-refractivity contribution >= 4 is 14.3 Å². The minimum Gasteiger partial charge on any atom is -0.466 e. The Morgan fingerprint density at radius 2 is 1.28 bits per heavy atom. The number of esters is 1. The van der Waals surface area contributed by atoms with E-state index >= 15 is 0 Å². The number of unbranched alkanes of at least 4 members (excludes halogenated alkanes) is 2. The first-order chi connectivity index (χ1) is 18.6. The monoisotopic (exact) mass is 562 g/mol. The topological polar surface area (TPSA) is 65.0 Å². The fourth-order valence-corrected chi connectivity index (χ4v) is 4.13. The summed E-state index contributed by atoms with van der Waals surface area (Å²) in [6.45, 7) is 14.6. The molecule has 0 aromatic heterocycles. The molecule has 0 radical (unpaired) electrons. The SMILES string of the molecule is CC/C=C\C/C=C\C/C=C\C/C=C\C/C=C\CCCC(=O)OCCCCOCC(O)CO[Si](C)(C)C(C)(C)C. The maximum atomic E-state index is 11.9. The Morgan fingerprint density at radius 1 is 0.769 bits per heavy atom. The molecule has 0 fully saturated rings. The molecule has 1 N–H and O–H groups in total. The lowest BCUT2D eigenvalue weighted by molar-refractivity contribution is -0.143. The van der Waals surface area contributed by atoms with Crippen molar-refractivity contribution in [2.45, 2.75) is 116 Å². The molecule has 0 aromatic rings. The van der Waals surface area contributed by atoms with Crippen LogP contribution in [0.1, 0.15) is 91.9 Å². The maximum absolute atomic E-state index is 11.9. The normalized spacial score (nSPS) is 14.1. The summed E-state index contributed by atoms with van der Waals surface area (Å²) < 4.78 is 16.9. The van der Waals surface area contributed by atoms with E-state index in [-0.39, 0.29) is 17.6 Å². The van der Waals surface area contributed by atoms with E-state index in [4.69, 9.17) is 13.9 Å². The fraction of sp³-hybridized carbons (Fsp3) is 0.667. The van der Waals surface area contributed by atoms with Crippen molar-refractivity contribution < 1.29 is 23.8 Å². The predicted octanol–water partition coefficient (Wildman–Crippen LogP) is 8.63. The van der Waals surface area contributed by atoms with Gasteiger partial charge in [0, 0.05) is 13.0 Å². The first kappa shape index (κ1) is 37.3. The largest absolute Gasteiger partial charge is 0.466 e. The molecule has 1 unspecified atom stereocenters.